The van der Waals surface area contributed by atoms with Crippen molar-refractivity contribution in [2.45, 2.75) is 38.1 Å². The van der Waals surface area contributed by atoms with Gasteiger partial charge < -0.3 is 20.1 Å². The van der Waals surface area contributed by atoms with Crippen LogP contribution in [0, 0.1) is 11.8 Å². The van der Waals surface area contributed by atoms with Crippen molar-refractivity contribution in [1.29, 1.82) is 0 Å². The maximum Gasteiger partial charge on any atom is 0.306 e. The second kappa shape index (κ2) is 8.88. The molecule has 1 saturated heterocycles. The third-order valence-corrected chi connectivity index (χ3v) is 5.38. The van der Waals surface area contributed by atoms with E-state index < -0.39 is 5.97 Å². The average molecular weight is 374 g/mol. The van der Waals surface area contributed by atoms with Crippen LogP contribution in [-0.2, 0) is 14.4 Å². The fourth-order valence-corrected chi connectivity index (χ4v) is 3.80. The molecule has 0 radical (unpaired) electrons. The zero-order valence-electron chi connectivity index (χ0n) is 15.3. The zero-order valence-corrected chi connectivity index (χ0v) is 15.3. The first kappa shape index (κ1) is 19.2. The Morgan fingerprint density at radius 1 is 1.11 bits per heavy atom. The van der Waals surface area contributed by atoms with E-state index in [4.69, 9.17) is 9.84 Å². The van der Waals surface area contributed by atoms with E-state index in [2.05, 4.69) is 5.32 Å². The molecule has 1 saturated carbocycles. The van der Waals surface area contributed by atoms with Crippen molar-refractivity contribution in [2.24, 2.45) is 11.8 Å². The lowest BCUT2D eigenvalue weighted by Crippen LogP contribution is -2.42. The Labute approximate surface area is 158 Å². The number of nitrogens with zero attached hydrogens (tertiary/aromatic N) is 1. The number of hydrogen-bond acceptors (Lipinski definition) is 4. The molecule has 0 bridgehead atoms. The molecule has 1 aromatic rings. The van der Waals surface area contributed by atoms with E-state index in [0.29, 0.717) is 51.8 Å². The zero-order chi connectivity index (χ0) is 19.2. The number of hydrogen-bond donors (Lipinski definition) is 2. The number of rotatable bonds is 7. The molecule has 2 fully saturated rings. The van der Waals surface area contributed by atoms with Gasteiger partial charge in [-0.05, 0) is 37.8 Å². The Morgan fingerprint density at radius 2 is 1.78 bits per heavy atom. The van der Waals surface area contributed by atoms with Gasteiger partial charge in [0.15, 0.2) is 0 Å². The third kappa shape index (κ3) is 5.21. The van der Waals surface area contributed by atoms with E-state index >= 15 is 0 Å². The van der Waals surface area contributed by atoms with Gasteiger partial charge in [-0.1, -0.05) is 18.2 Å². The minimum atomic E-state index is -0.774. The molecule has 0 spiro atoms. The van der Waals surface area contributed by atoms with Crippen LogP contribution in [0.4, 0.5) is 0 Å². The molecule has 1 aliphatic carbocycles. The third-order valence-electron chi connectivity index (χ3n) is 5.38. The highest BCUT2D eigenvalue weighted by Gasteiger charge is 2.34. The highest BCUT2D eigenvalue weighted by atomic mass is 16.5. The topological polar surface area (TPSA) is 95.9 Å². The van der Waals surface area contributed by atoms with E-state index in [1.54, 1.807) is 4.90 Å². The predicted octanol–water partition coefficient (Wildman–Crippen LogP) is 1.67. The highest BCUT2D eigenvalue weighted by Crippen LogP contribution is 2.29. The monoisotopic (exact) mass is 374 g/mol. The summed E-state index contributed by atoms with van der Waals surface area (Å²) in [7, 11) is 0. The molecule has 146 valence electrons. The average Bonchev–Trinajstić information content (AvgIpc) is 3.01. The van der Waals surface area contributed by atoms with Crippen molar-refractivity contribution in [2.75, 3.05) is 19.7 Å². The maximum absolute atomic E-state index is 12.4. The number of ether oxygens (including phenoxy) is 1. The van der Waals surface area contributed by atoms with Crippen molar-refractivity contribution in [3.05, 3.63) is 30.3 Å². The number of para-hydroxylation sites is 1. The standard InChI is InChI=1S/C20H26N2O5/c23-18-12-16(13-22(18)10-11-27-17-4-2-1-3-5-17)21-19(24)14-6-8-15(9-7-14)20(25)26/h1-5,14-16H,6-13H2,(H,21,24)(H,25,26). The van der Waals surface area contributed by atoms with Gasteiger partial charge in [-0.2, -0.15) is 0 Å². The van der Waals surface area contributed by atoms with Gasteiger partial charge in [-0.3, -0.25) is 14.4 Å². The summed E-state index contributed by atoms with van der Waals surface area (Å²) in [5, 5.41) is 12.0. The smallest absolute Gasteiger partial charge is 0.306 e. The number of nitrogens with one attached hydrogen (secondary N) is 1. The van der Waals surface area contributed by atoms with Crippen molar-refractivity contribution in [1.82, 2.24) is 10.2 Å². The summed E-state index contributed by atoms with van der Waals surface area (Å²) in [6.45, 7) is 1.40. The van der Waals surface area contributed by atoms with E-state index in [0.717, 1.165) is 5.75 Å². The Hall–Kier alpha value is -2.57. The molecule has 7 heteroatoms. The largest absolute Gasteiger partial charge is 0.492 e. The normalized spacial score (nSPS) is 25.3. The number of benzene rings is 1. The van der Waals surface area contributed by atoms with Crippen LogP contribution >= 0.6 is 0 Å². The van der Waals surface area contributed by atoms with Crippen molar-refractivity contribution in [3.8, 4) is 5.75 Å². The first-order valence-electron chi connectivity index (χ1n) is 9.51. The number of aliphatic carboxylic acids is 1. The first-order valence-corrected chi connectivity index (χ1v) is 9.51. The lowest BCUT2D eigenvalue weighted by molar-refractivity contribution is -0.144. The van der Waals surface area contributed by atoms with Gasteiger partial charge in [-0.25, -0.2) is 0 Å². The minimum Gasteiger partial charge on any atom is -0.492 e. The molecule has 1 aromatic carbocycles. The molecule has 1 unspecified atom stereocenters. The molecule has 1 heterocycles. The van der Waals surface area contributed by atoms with E-state index in [1.165, 1.54) is 0 Å². The molecule has 3 rings (SSSR count). The lowest BCUT2D eigenvalue weighted by atomic mass is 9.81. The quantitative estimate of drug-likeness (QED) is 0.757. The molecule has 1 atom stereocenters. The molecule has 2 aliphatic rings. The van der Waals surface area contributed by atoms with Crippen LogP contribution in [0.3, 0.4) is 0 Å². The van der Waals surface area contributed by atoms with Gasteiger partial charge >= 0.3 is 5.97 Å². The van der Waals surface area contributed by atoms with E-state index in [9.17, 15) is 14.4 Å². The van der Waals surface area contributed by atoms with Crippen LogP contribution < -0.4 is 10.1 Å². The summed E-state index contributed by atoms with van der Waals surface area (Å²) < 4.78 is 5.63. The molecule has 2 amide bonds. The van der Waals surface area contributed by atoms with E-state index in [-0.39, 0.29) is 29.7 Å². The van der Waals surface area contributed by atoms with Crippen LogP contribution in [0.15, 0.2) is 30.3 Å². The van der Waals surface area contributed by atoms with Crippen LogP contribution in [-0.4, -0.2) is 53.5 Å². The Balaban J connectivity index is 1.39. The van der Waals surface area contributed by atoms with Crippen molar-refractivity contribution < 1.29 is 24.2 Å². The molecule has 1 aliphatic heterocycles. The summed E-state index contributed by atoms with van der Waals surface area (Å²) in [4.78, 5) is 37.3. The highest BCUT2D eigenvalue weighted by molar-refractivity contribution is 5.83. The molecule has 7 nitrogen and oxygen atoms in total. The number of likely N-dealkylation sites (tertiary alicyclic amines) is 1. The summed E-state index contributed by atoms with van der Waals surface area (Å²) in [6, 6.07) is 9.26. The number of carboxylic acid groups (broad SMARTS) is 1. The Bertz CT molecular complexity index is 670. The lowest BCUT2D eigenvalue weighted by Gasteiger charge is -2.26. The molecule has 2 N–H and O–H groups in total. The van der Waals surface area contributed by atoms with Gasteiger partial charge in [-0.15, -0.1) is 0 Å². The van der Waals surface area contributed by atoms with Crippen LogP contribution in [0.25, 0.3) is 0 Å². The molecule has 27 heavy (non-hydrogen) atoms. The number of amides is 2. The van der Waals surface area contributed by atoms with Gasteiger partial charge in [0.05, 0.1) is 18.5 Å². The van der Waals surface area contributed by atoms with Crippen LogP contribution in [0.2, 0.25) is 0 Å². The summed E-state index contributed by atoms with van der Waals surface area (Å²) in [5.41, 5.74) is 0. The Kier molecular flexibility index (Phi) is 6.32. The van der Waals surface area contributed by atoms with Gasteiger partial charge in [0, 0.05) is 18.9 Å². The van der Waals surface area contributed by atoms with Gasteiger partial charge in [0.2, 0.25) is 11.8 Å². The second-order valence-corrected chi connectivity index (χ2v) is 7.30. The van der Waals surface area contributed by atoms with Crippen molar-refractivity contribution >= 4 is 17.8 Å². The van der Waals surface area contributed by atoms with Crippen molar-refractivity contribution in [3.63, 3.8) is 0 Å². The van der Waals surface area contributed by atoms with E-state index in [1.807, 2.05) is 30.3 Å². The molecule has 0 aromatic heterocycles. The SMILES string of the molecule is O=C(O)C1CCC(C(=O)NC2CC(=O)N(CCOc3ccccc3)C2)CC1. The molecular formula is C20H26N2O5. The first-order chi connectivity index (χ1) is 13.0. The number of carboxylic acids is 1. The number of carbonyl (C=O) groups is 3. The van der Waals surface area contributed by atoms with Gasteiger partial charge in [0.1, 0.15) is 12.4 Å². The summed E-state index contributed by atoms with van der Waals surface area (Å²) in [6.07, 6.45) is 2.58. The van der Waals surface area contributed by atoms with Gasteiger partial charge in [0.25, 0.3) is 0 Å². The summed E-state index contributed by atoms with van der Waals surface area (Å²) in [5.74, 6) is -0.520. The fraction of sp³-hybridized carbons (Fsp3) is 0.550. The number of carbonyl (C=O) groups excluding carboxylic acids is 2. The maximum atomic E-state index is 12.4. The van der Waals surface area contributed by atoms with Crippen LogP contribution in [0.5, 0.6) is 5.75 Å². The fourth-order valence-electron chi connectivity index (χ4n) is 3.80. The van der Waals surface area contributed by atoms with Crippen LogP contribution in [0.1, 0.15) is 32.1 Å². The second-order valence-electron chi connectivity index (χ2n) is 7.30. The Morgan fingerprint density at radius 3 is 2.44 bits per heavy atom. The summed E-state index contributed by atoms with van der Waals surface area (Å²) >= 11 is 0. The predicted molar refractivity (Wildman–Crippen MR) is 98.1 cm³/mol. The minimum absolute atomic E-state index is 0.0200. The molecular weight excluding hydrogens is 348 g/mol.